The molecule has 20 heavy (non-hydrogen) atoms. The van der Waals surface area contributed by atoms with Gasteiger partial charge in [0.25, 0.3) is 5.91 Å². The molecule has 1 rings (SSSR count). The van der Waals surface area contributed by atoms with E-state index < -0.39 is 18.7 Å². The van der Waals surface area contributed by atoms with Crippen LogP contribution < -0.4 is 11.1 Å². The lowest BCUT2D eigenvalue weighted by atomic mass is 10.2. The van der Waals surface area contributed by atoms with Gasteiger partial charge in [0, 0.05) is 17.8 Å². The molecule has 112 valence electrons. The molecule has 1 aromatic rings. The van der Waals surface area contributed by atoms with Crippen LogP contribution in [0.4, 0.5) is 19.0 Å². The number of carbonyl (C=O) groups is 1. The van der Waals surface area contributed by atoms with Gasteiger partial charge in [0.1, 0.15) is 12.4 Å². The Balaban J connectivity index is 2.41. The Morgan fingerprint density at radius 1 is 1.45 bits per heavy atom. The Labute approximate surface area is 114 Å². The largest absolute Gasteiger partial charge is 0.411 e. The van der Waals surface area contributed by atoms with Crippen LogP contribution in [0.1, 0.15) is 23.0 Å². The third-order valence-corrected chi connectivity index (χ3v) is 2.32. The van der Waals surface area contributed by atoms with Gasteiger partial charge >= 0.3 is 6.18 Å². The molecule has 0 saturated carbocycles. The van der Waals surface area contributed by atoms with E-state index in [-0.39, 0.29) is 19.0 Å². The van der Waals surface area contributed by atoms with Crippen molar-refractivity contribution in [3.8, 4) is 0 Å². The molecule has 1 heterocycles. The average Bonchev–Trinajstić information content (AvgIpc) is 2.36. The molecular formula is C12H16F3N3O2. The summed E-state index contributed by atoms with van der Waals surface area (Å²) < 4.78 is 39.8. The van der Waals surface area contributed by atoms with E-state index in [9.17, 15) is 18.0 Å². The van der Waals surface area contributed by atoms with Crippen LogP contribution in [0.25, 0.3) is 0 Å². The van der Waals surface area contributed by atoms with Crippen molar-refractivity contribution in [3.05, 3.63) is 23.4 Å². The molecule has 0 atom stereocenters. The van der Waals surface area contributed by atoms with Gasteiger partial charge in [-0.05, 0) is 18.6 Å². The molecule has 1 amide bonds. The van der Waals surface area contributed by atoms with Gasteiger partial charge in [-0.3, -0.25) is 4.79 Å². The van der Waals surface area contributed by atoms with Crippen LogP contribution in [0.3, 0.4) is 0 Å². The molecule has 0 bridgehead atoms. The first-order valence-electron chi connectivity index (χ1n) is 6.01. The van der Waals surface area contributed by atoms with E-state index in [1.807, 2.05) is 6.92 Å². The monoisotopic (exact) mass is 291 g/mol. The van der Waals surface area contributed by atoms with Crippen molar-refractivity contribution in [2.75, 3.05) is 25.5 Å². The Bertz CT molecular complexity index is 464. The lowest BCUT2D eigenvalue weighted by molar-refractivity contribution is -0.173. The number of nitrogens with zero attached hydrogens (tertiary/aromatic N) is 1. The fourth-order valence-corrected chi connectivity index (χ4v) is 1.45. The number of hydrogen-bond donors (Lipinski definition) is 2. The van der Waals surface area contributed by atoms with Crippen molar-refractivity contribution in [2.45, 2.75) is 19.5 Å². The van der Waals surface area contributed by atoms with E-state index in [2.05, 4.69) is 15.0 Å². The van der Waals surface area contributed by atoms with Crippen molar-refractivity contribution >= 4 is 11.7 Å². The highest BCUT2D eigenvalue weighted by molar-refractivity contribution is 5.94. The molecule has 0 spiro atoms. The second-order valence-corrected chi connectivity index (χ2v) is 4.05. The third-order valence-electron chi connectivity index (χ3n) is 2.32. The van der Waals surface area contributed by atoms with Crippen LogP contribution in [-0.2, 0) is 11.2 Å². The number of halogens is 3. The lowest BCUT2D eigenvalue weighted by Gasteiger charge is -2.09. The number of alkyl halides is 3. The highest BCUT2D eigenvalue weighted by Gasteiger charge is 2.27. The first kappa shape index (κ1) is 16.2. The predicted molar refractivity (Wildman–Crippen MR) is 67.2 cm³/mol. The highest BCUT2D eigenvalue weighted by Crippen LogP contribution is 2.14. The quantitative estimate of drug-likeness (QED) is 0.779. The Hall–Kier alpha value is -1.83. The summed E-state index contributed by atoms with van der Waals surface area (Å²) in [4.78, 5) is 15.8. The van der Waals surface area contributed by atoms with Crippen molar-refractivity contribution in [2.24, 2.45) is 0 Å². The van der Waals surface area contributed by atoms with Crippen molar-refractivity contribution in [1.29, 1.82) is 0 Å². The second kappa shape index (κ2) is 7.09. The molecule has 0 aromatic carbocycles. The van der Waals surface area contributed by atoms with Crippen LogP contribution in [0, 0.1) is 0 Å². The summed E-state index contributed by atoms with van der Waals surface area (Å²) in [5, 5.41) is 2.45. The van der Waals surface area contributed by atoms with Gasteiger partial charge in [0.15, 0.2) is 0 Å². The molecule has 3 N–H and O–H groups in total. The molecule has 0 aliphatic rings. The summed E-state index contributed by atoms with van der Waals surface area (Å²) >= 11 is 0. The maximum Gasteiger partial charge on any atom is 0.411 e. The highest BCUT2D eigenvalue weighted by atomic mass is 19.4. The third kappa shape index (κ3) is 5.87. The molecule has 0 radical (unpaired) electrons. The normalized spacial score (nSPS) is 11.4. The summed E-state index contributed by atoms with van der Waals surface area (Å²) in [6.07, 6.45) is -3.74. The first-order chi connectivity index (χ1) is 9.31. The average molecular weight is 291 g/mol. The van der Waals surface area contributed by atoms with E-state index in [4.69, 9.17) is 5.73 Å². The van der Waals surface area contributed by atoms with Gasteiger partial charge in [-0.2, -0.15) is 13.2 Å². The second-order valence-electron chi connectivity index (χ2n) is 4.05. The SMILES string of the molecule is CCc1cc(C(=O)NCCOCC(F)(F)F)cc(N)n1. The Kier molecular flexibility index (Phi) is 5.75. The molecule has 1 aromatic heterocycles. The summed E-state index contributed by atoms with van der Waals surface area (Å²) in [7, 11) is 0. The molecule has 8 heteroatoms. The fraction of sp³-hybridized carbons (Fsp3) is 0.500. The zero-order valence-corrected chi connectivity index (χ0v) is 11.0. The molecule has 5 nitrogen and oxygen atoms in total. The van der Waals surface area contributed by atoms with Gasteiger partial charge in [-0.1, -0.05) is 6.92 Å². The Morgan fingerprint density at radius 3 is 2.75 bits per heavy atom. The van der Waals surface area contributed by atoms with Crippen LogP contribution in [0.15, 0.2) is 12.1 Å². The number of aryl methyl sites for hydroxylation is 1. The van der Waals surface area contributed by atoms with E-state index in [1.54, 1.807) is 6.07 Å². The first-order valence-corrected chi connectivity index (χ1v) is 6.01. The number of aromatic nitrogens is 1. The maximum absolute atomic E-state index is 11.8. The van der Waals surface area contributed by atoms with Crippen molar-refractivity contribution < 1.29 is 22.7 Å². The van der Waals surface area contributed by atoms with Gasteiger partial charge in [0.2, 0.25) is 0 Å². The summed E-state index contributed by atoms with van der Waals surface area (Å²) in [6.45, 7) is 0.310. The van der Waals surface area contributed by atoms with Crippen molar-refractivity contribution in [3.63, 3.8) is 0 Å². The Morgan fingerprint density at radius 2 is 2.15 bits per heavy atom. The minimum absolute atomic E-state index is 0.0153. The number of anilines is 1. The van der Waals surface area contributed by atoms with E-state index >= 15 is 0 Å². The lowest BCUT2D eigenvalue weighted by Crippen LogP contribution is -2.29. The number of pyridine rings is 1. The molecule has 0 saturated heterocycles. The number of hydrogen-bond acceptors (Lipinski definition) is 4. The number of nitrogens with one attached hydrogen (secondary N) is 1. The topological polar surface area (TPSA) is 77.2 Å². The van der Waals surface area contributed by atoms with Crippen LogP contribution in [0.2, 0.25) is 0 Å². The molecule has 0 aliphatic carbocycles. The summed E-state index contributed by atoms with van der Waals surface area (Å²) in [5.74, 6) is -0.202. The summed E-state index contributed by atoms with van der Waals surface area (Å²) in [5.41, 5.74) is 6.55. The fourth-order valence-electron chi connectivity index (χ4n) is 1.45. The zero-order valence-electron chi connectivity index (χ0n) is 11.0. The van der Waals surface area contributed by atoms with E-state index in [0.29, 0.717) is 17.7 Å². The van der Waals surface area contributed by atoms with Crippen LogP contribution in [-0.4, -0.2) is 36.8 Å². The number of amides is 1. The minimum atomic E-state index is -4.36. The predicted octanol–water partition coefficient (Wildman–Crippen LogP) is 1.53. The summed E-state index contributed by atoms with van der Waals surface area (Å²) in [6, 6.07) is 2.99. The number of carbonyl (C=O) groups excluding carboxylic acids is 1. The number of nitrogens with two attached hydrogens (primary N) is 1. The maximum atomic E-state index is 11.8. The van der Waals surface area contributed by atoms with Gasteiger partial charge in [-0.15, -0.1) is 0 Å². The smallest absolute Gasteiger partial charge is 0.384 e. The standard InChI is InChI=1S/C12H16F3N3O2/c1-2-9-5-8(6-10(16)18-9)11(19)17-3-4-20-7-12(13,14)15/h5-6H,2-4,7H2,1H3,(H2,16,18)(H,17,19). The number of nitrogen functional groups attached to an aromatic ring is 1. The van der Waals surface area contributed by atoms with Gasteiger partial charge < -0.3 is 15.8 Å². The van der Waals surface area contributed by atoms with E-state index in [0.717, 1.165) is 0 Å². The molecule has 0 fully saturated rings. The van der Waals surface area contributed by atoms with Gasteiger partial charge in [-0.25, -0.2) is 4.98 Å². The van der Waals surface area contributed by atoms with Crippen LogP contribution >= 0.6 is 0 Å². The van der Waals surface area contributed by atoms with Crippen LogP contribution in [0.5, 0.6) is 0 Å². The van der Waals surface area contributed by atoms with E-state index in [1.165, 1.54) is 6.07 Å². The number of ether oxygens (including phenoxy) is 1. The molecule has 0 unspecified atom stereocenters. The number of rotatable bonds is 6. The minimum Gasteiger partial charge on any atom is -0.384 e. The molecule has 0 aliphatic heterocycles. The van der Waals surface area contributed by atoms with Crippen molar-refractivity contribution in [1.82, 2.24) is 10.3 Å². The zero-order chi connectivity index (χ0) is 15.2. The van der Waals surface area contributed by atoms with Gasteiger partial charge in [0.05, 0.1) is 6.61 Å². The molecular weight excluding hydrogens is 275 g/mol.